The lowest BCUT2D eigenvalue weighted by atomic mass is 10.1. The number of rotatable bonds is 3. The molecule has 0 saturated heterocycles. The van der Waals surface area contributed by atoms with Gasteiger partial charge in [0.05, 0.1) is 17.1 Å². The second kappa shape index (κ2) is 7.01. The molecule has 5 nitrogen and oxygen atoms in total. The van der Waals surface area contributed by atoms with Crippen molar-refractivity contribution in [3.63, 3.8) is 0 Å². The van der Waals surface area contributed by atoms with Crippen LogP contribution in [0, 0.1) is 0 Å². The molecule has 4 rings (SSSR count). The van der Waals surface area contributed by atoms with Gasteiger partial charge < -0.3 is 15.0 Å². The van der Waals surface area contributed by atoms with Gasteiger partial charge in [-0.15, -0.1) is 11.3 Å². The molecule has 0 fully saturated rings. The summed E-state index contributed by atoms with van der Waals surface area (Å²) in [6.07, 6.45) is 0. The summed E-state index contributed by atoms with van der Waals surface area (Å²) in [6, 6.07) is 18.1. The van der Waals surface area contributed by atoms with Crippen molar-refractivity contribution in [3.8, 4) is 5.75 Å². The van der Waals surface area contributed by atoms with Crippen molar-refractivity contribution in [2.45, 2.75) is 0 Å². The summed E-state index contributed by atoms with van der Waals surface area (Å²) < 4.78 is 5.61. The highest BCUT2D eigenvalue weighted by atomic mass is 32.1. The molecule has 6 heteroatoms. The van der Waals surface area contributed by atoms with Gasteiger partial charge in [0.1, 0.15) is 12.4 Å². The van der Waals surface area contributed by atoms with Gasteiger partial charge in [0.25, 0.3) is 11.8 Å². The molecule has 0 spiro atoms. The van der Waals surface area contributed by atoms with Gasteiger partial charge in [-0.1, -0.05) is 24.3 Å². The molecule has 2 amide bonds. The van der Waals surface area contributed by atoms with Crippen molar-refractivity contribution in [1.82, 2.24) is 0 Å². The molecule has 1 N–H and O–H groups in total. The number of thiophene rings is 1. The fourth-order valence-corrected chi connectivity index (χ4v) is 3.49. The Bertz CT molecular complexity index is 953. The van der Waals surface area contributed by atoms with Crippen LogP contribution in [0.15, 0.2) is 66.0 Å². The maximum Gasteiger partial charge on any atom is 0.265 e. The van der Waals surface area contributed by atoms with E-state index in [9.17, 15) is 9.59 Å². The highest BCUT2D eigenvalue weighted by Gasteiger charge is 2.24. The van der Waals surface area contributed by atoms with Gasteiger partial charge >= 0.3 is 0 Å². The van der Waals surface area contributed by atoms with E-state index in [-0.39, 0.29) is 11.8 Å². The zero-order valence-corrected chi connectivity index (χ0v) is 14.7. The lowest BCUT2D eigenvalue weighted by Crippen LogP contribution is -2.37. The molecule has 2 heterocycles. The van der Waals surface area contributed by atoms with Crippen LogP contribution in [0.25, 0.3) is 0 Å². The highest BCUT2D eigenvalue weighted by Crippen LogP contribution is 2.32. The number of nitrogens with zero attached hydrogens (tertiary/aromatic N) is 1. The lowest BCUT2D eigenvalue weighted by Gasteiger charge is -2.29. The first-order chi connectivity index (χ1) is 12.7. The molecule has 0 atom stereocenters. The third kappa shape index (κ3) is 3.19. The van der Waals surface area contributed by atoms with Gasteiger partial charge in [0.15, 0.2) is 0 Å². The average molecular weight is 364 g/mol. The molecule has 0 unspecified atom stereocenters. The van der Waals surface area contributed by atoms with E-state index < -0.39 is 0 Å². The molecule has 1 aromatic heterocycles. The standard InChI is InChI=1S/C20H16N2O3S/c23-19(18-9-4-12-26-18)21-15-6-3-5-14(13-15)20(24)22-10-11-25-17-8-2-1-7-16(17)22/h1-9,12-13H,10-11H2,(H,21,23). The molecule has 0 aliphatic carbocycles. The Labute approximate surface area is 154 Å². The third-order valence-electron chi connectivity index (χ3n) is 4.09. The molecule has 0 radical (unpaired) electrons. The molecule has 3 aromatic rings. The van der Waals surface area contributed by atoms with Gasteiger partial charge in [-0.25, -0.2) is 0 Å². The number of anilines is 2. The largest absolute Gasteiger partial charge is 0.490 e. The summed E-state index contributed by atoms with van der Waals surface area (Å²) in [6.45, 7) is 0.944. The second-order valence-corrected chi connectivity index (χ2v) is 6.73. The van der Waals surface area contributed by atoms with E-state index in [0.717, 1.165) is 5.69 Å². The first kappa shape index (κ1) is 16.4. The average Bonchev–Trinajstić information content (AvgIpc) is 3.22. The van der Waals surface area contributed by atoms with E-state index in [0.29, 0.717) is 35.0 Å². The van der Waals surface area contributed by atoms with Crippen molar-refractivity contribution < 1.29 is 14.3 Å². The van der Waals surface area contributed by atoms with E-state index in [4.69, 9.17) is 4.74 Å². The number of benzene rings is 2. The van der Waals surface area contributed by atoms with Crippen molar-refractivity contribution in [2.75, 3.05) is 23.4 Å². The molecule has 1 aliphatic heterocycles. The number of hydrogen-bond donors (Lipinski definition) is 1. The Morgan fingerprint density at radius 3 is 2.77 bits per heavy atom. The van der Waals surface area contributed by atoms with Gasteiger partial charge in [-0.3, -0.25) is 9.59 Å². The normalized spacial score (nSPS) is 12.8. The lowest BCUT2D eigenvalue weighted by molar-refractivity contribution is 0.0974. The van der Waals surface area contributed by atoms with Gasteiger partial charge in [-0.05, 0) is 41.8 Å². The smallest absolute Gasteiger partial charge is 0.265 e. The monoisotopic (exact) mass is 364 g/mol. The van der Waals surface area contributed by atoms with Crippen molar-refractivity contribution >= 4 is 34.5 Å². The van der Waals surface area contributed by atoms with Crippen LogP contribution in [0.3, 0.4) is 0 Å². The molecule has 1 aliphatic rings. The molecule has 2 aromatic carbocycles. The van der Waals surface area contributed by atoms with Gasteiger partial charge in [0.2, 0.25) is 0 Å². The first-order valence-corrected chi connectivity index (χ1v) is 9.09. The maximum atomic E-state index is 13.0. The van der Waals surface area contributed by atoms with E-state index in [1.54, 1.807) is 35.2 Å². The second-order valence-electron chi connectivity index (χ2n) is 5.79. The van der Waals surface area contributed by atoms with Gasteiger partial charge in [0, 0.05) is 11.3 Å². The molecular weight excluding hydrogens is 348 g/mol. The predicted octanol–water partition coefficient (Wildman–Crippen LogP) is 4.04. The molecule has 0 bridgehead atoms. The Morgan fingerprint density at radius 1 is 1.04 bits per heavy atom. The molecule has 26 heavy (non-hydrogen) atoms. The number of ether oxygens (including phenoxy) is 1. The minimum atomic E-state index is -0.179. The minimum absolute atomic E-state index is 0.118. The number of para-hydroxylation sites is 2. The maximum absolute atomic E-state index is 13.0. The van der Waals surface area contributed by atoms with Crippen LogP contribution in [0.1, 0.15) is 20.0 Å². The van der Waals surface area contributed by atoms with E-state index >= 15 is 0 Å². The summed E-state index contributed by atoms with van der Waals surface area (Å²) in [4.78, 5) is 27.5. The third-order valence-corrected chi connectivity index (χ3v) is 4.95. The number of nitrogens with one attached hydrogen (secondary N) is 1. The Balaban J connectivity index is 1.57. The van der Waals surface area contributed by atoms with Crippen LogP contribution in [-0.4, -0.2) is 25.0 Å². The number of fused-ring (bicyclic) bond motifs is 1. The molecule has 130 valence electrons. The summed E-state index contributed by atoms with van der Waals surface area (Å²) in [5.41, 5.74) is 1.87. The number of amides is 2. The SMILES string of the molecule is O=C(Nc1cccc(C(=O)N2CCOc3ccccc32)c1)c1cccs1. The first-order valence-electron chi connectivity index (χ1n) is 8.21. The zero-order valence-electron chi connectivity index (χ0n) is 13.8. The minimum Gasteiger partial charge on any atom is -0.490 e. The Kier molecular flexibility index (Phi) is 4.41. The van der Waals surface area contributed by atoms with Crippen LogP contribution in [0.4, 0.5) is 11.4 Å². The number of carbonyl (C=O) groups excluding carboxylic acids is 2. The summed E-state index contributed by atoms with van der Waals surface area (Å²) in [5, 5.41) is 4.69. The van der Waals surface area contributed by atoms with Crippen LogP contribution in [0.2, 0.25) is 0 Å². The molecule has 0 saturated carbocycles. The Hall–Kier alpha value is -3.12. The highest BCUT2D eigenvalue weighted by molar-refractivity contribution is 7.12. The van der Waals surface area contributed by atoms with E-state index in [2.05, 4.69) is 5.32 Å². The van der Waals surface area contributed by atoms with Gasteiger partial charge in [-0.2, -0.15) is 0 Å². The van der Waals surface area contributed by atoms with Crippen LogP contribution >= 0.6 is 11.3 Å². The van der Waals surface area contributed by atoms with Crippen LogP contribution in [-0.2, 0) is 0 Å². The van der Waals surface area contributed by atoms with E-state index in [1.165, 1.54) is 11.3 Å². The number of carbonyl (C=O) groups is 2. The quantitative estimate of drug-likeness (QED) is 0.763. The van der Waals surface area contributed by atoms with Crippen molar-refractivity contribution in [1.29, 1.82) is 0 Å². The fraction of sp³-hybridized carbons (Fsp3) is 0.100. The summed E-state index contributed by atoms with van der Waals surface area (Å²) >= 11 is 1.37. The zero-order chi connectivity index (χ0) is 17.9. The van der Waals surface area contributed by atoms with E-state index in [1.807, 2.05) is 35.7 Å². The Morgan fingerprint density at radius 2 is 1.92 bits per heavy atom. The van der Waals surface area contributed by atoms with Crippen LogP contribution in [0.5, 0.6) is 5.75 Å². The predicted molar refractivity (Wildman–Crippen MR) is 102 cm³/mol. The summed E-state index contributed by atoms with van der Waals surface area (Å²) in [7, 11) is 0. The fourth-order valence-electron chi connectivity index (χ4n) is 2.87. The van der Waals surface area contributed by atoms with Crippen LogP contribution < -0.4 is 15.0 Å². The summed E-state index contributed by atoms with van der Waals surface area (Å²) in [5.74, 6) is 0.406. The van der Waals surface area contributed by atoms with Crippen molar-refractivity contribution in [3.05, 3.63) is 76.5 Å². The topological polar surface area (TPSA) is 58.6 Å². The van der Waals surface area contributed by atoms with Crippen molar-refractivity contribution in [2.24, 2.45) is 0 Å². The number of hydrogen-bond acceptors (Lipinski definition) is 4. The molecular formula is C20H16N2O3S.